The van der Waals surface area contributed by atoms with Gasteiger partial charge in [0.1, 0.15) is 0 Å². The Kier molecular flexibility index (Phi) is 5.69. The van der Waals surface area contributed by atoms with Crippen molar-refractivity contribution in [3.05, 3.63) is 0 Å². The molecule has 1 unspecified atom stereocenters. The maximum atomic E-state index is 11.9. The van der Waals surface area contributed by atoms with Gasteiger partial charge >= 0.3 is 0 Å². The predicted octanol–water partition coefficient (Wildman–Crippen LogP) is 1.78. The minimum absolute atomic E-state index is 0.103. The van der Waals surface area contributed by atoms with Crippen LogP contribution < -0.4 is 5.32 Å². The second-order valence-corrected chi connectivity index (χ2v) is 4.33. The van der Waals surface area contributed by atoms with Crippen molar-refractivity contribution in [1.29, 1.82) is 0 Å². The van der Waals surface area contributed by atoms with Crippen LogP contribution in [0.3, 0.4) is 0 Å². The lowest BCUT2D eigenvalue weighted by atomic mass is 10.2. The summed E-state index contributed by atoms with van der Waals surface area (Å²) < 4.78 is 0. The molecule has 0 radical (unpaired) electrons. The molecule has 1 atom stereocenters. The summed E-state index contributed by atoms with van der Waals surface area (Å²) in [6.45, 7) is 7.18. The SMILES string of the molecule is CCCCCN1CCC(NCCC)C1=O. The number of nitrogens with zero attached hydrogens (tertiary/aromatic N) is 1. The molecule has 0 aromatic carbocycles. The molecule has 88 valence electrons. The first kappa shape index (κ1) is 12.5. The highest BCUT2D eigenvalue weighted by Gasteiger charge is 2.29. The third-order valence-electron chi connectivity index (χ3n) is 2.97. The van der Waals surface area contributed by atoms with Gasteiger partial charge in [0, 0.05) is 13.1 Å². The number of amides is 1. The molecule has 1 aliphatic rings. The minimum Gasteiger partial charge on any atom is -0.341 e. The van der Waals surface area contributed by atoms with Gasteiger partial charge in [-0.3, -0.25) is 4.79 Å². The number of unbranched alkanes of at least 4 members (excludes halogenated alkanes) is 2. The zero-order valence-electron chi connectivity index (χ0n) is 10.1. The maximum absolute atomic E-state index is 11.9. The van der Waals surface area contributed by atoms with Crippen LogP contribution in [0.5, 0.6) is 0 Å². The number of rotatable bonds is 7. The molecular weight excluding hydrogens is 188 g/mol. The Balaban J connectivity index is 2.22. The first-order valence-corrected chi connectivity index (χ1v) is 6.31. The number of hydrogen-bond donors (Lipinski definition) is 1. The van der Waals surface area contributed by atoms with Gasteiger partial charge in [0.05, 0.1) is 6.04 Å². The Labute approximate surface area is 93.2 Å². The molecule has 15 heavy (non-hydrogen) atoms. The number of likely N-dealkylation sites (tertiary alicyclic amines) is 1. The second kappa shape index (κ2) is 6.83. The third kappa shape index (κ3) is 3.82. The third-order valence-corrected chi connectivity index (χ3v) is 2.97. The van der Waals surface area contributed by atoms with Crippen LogP contribution in [0.1, 0.15) is 46.0 Å². The van der Waals surface area contributed by atoms with Crippen LogP contribution in [-0.4, -0.2) is 36.5 Å². The Morgan fingerprint density at radius 2 is 2.13 bits per heavy atom. The van der Waals surface area contributed by atoms with Gasteiger partial charge in [-0.05, 0) is 25.8 Å². The van der Waals surface area contributed by atoms with E-state index in [2.05, 4.69) is 19.2 Å². The number of carbonyl (C=O) groups is 1. The fourth-order valence-electron chi connectivity index (χ4n) is 2.02. The lowest BCUT2D eigenvalue weighted by Crippen LogP contribution is -2.38. The van der Waals surface area contributed by atoms with Crippen LogP contribution in [0.2, 0.25) is 0 Å². The monoisotopic (exact) mass is 212 g/mol. The van der Waals surface area contributed by atoms with Gasteiger partial charge in [0.15, 0.2) is 0 Å². The van der Waals surface area contributed by atoms with Crippen molar-refractivity contribution < 1.29 is 4.79 Å². The Morgan fingerprint density at radius 3 is 2.80 bits per heavy atom. The molecule has 1 amide bonds. The largest absolute Gasteiger partial charge is 0.341 e. The fourth-order valence-corrected chi connectivity index (χ4v) is 2.02. The van der Waals surface area contributed by atoms with E-state index in [1.54, 1.807) is 0 Å². The maximum Gasteiger partial charge on any atom is 0.239 e. The Bertz CT molecular complexity index is 194. The average molecular weight is 212 g/mol. The summed E-state index contributed by atoms with van der Waals surface area (Å²) in [6, 6.07) is 0.103. The molecule has 1 N–H and O–H groups in total. The normalized spacial score (nSPS) is 21.3. The molecule has 0 aliphatic carbocycles. The van der Waals surface area contributed by atoms with Gasteiger partial charge in [-0.2, -0.15) is 0 Å². The van der Waals surface area contributed by atoms with Gasteiger partial charge in [-0.25, -0.2) is 0 Å². The summed E-state index contributed by atoms with van der Waals surface area (Å²) in [5.74, 6) is 0.319. The molecule has 1 aliphatic heterocycles. The molecular formula is C12H24N2O. The van der Waals surface area contributed by atoms with Crippen LogP contribution in [0.15, 0.2) is 0 Å². The lowest BCUT2D eigenvalue weighted by molar-refractivity contribution is -0.129. The molecule has 0 bridgehead atoms. The Hall–Kier alpha value is -0.570. The van der Waals surface area contributed by atoms with E-state index >= 15 is 0 Å². The smallest absolute Gasteiger partial charge is 0.239 e. The van der Waals surface area contributed by atoms with Crippen LogP contribution in [-0.2, 0) is 4.79 Å². The van der Waals surface area contributed by atoms with Gasteiger partial charge < -0.3 is 10.2 Å². The number of hydrogen-bond acceptors (Lipinski definition) is 2. The molecule has 0 saturated carbocycles. The molecule has 1 saturated heterocycles. The van der Waals surface area contributed by atoms with Crippen molar-refractivity contribution in [2.24, 2.45) is 0 Å². The van der Waals surface area contributed by atoms with Crippen molar-refractivity contribution in [2.75, 3.05) is 19.6 Å². The van der Waals surface area contributed by atoms with Crippen molar-refractivity contribution >= 4 is 5.91 Å². The summed E-state index contributed by atoms with van der Waals surface area (Å²) in [7, 11) is 0. The fraction of sp³-hybridized carbons (Fsp3) is 0.917. The van der Waals surface area contributed by atoms with E-state index in [0.29, 0.717) is 5.91 Å². The summed E-state index contributed by atoms with van der Waals surface area (Å²) in [6.07, 6.45) is 5.70. The van der Waals surface area contributed by atoms with Gasteiger partial charge in [-0.1, -0.05) is 26.7 Å². The average Bonchev–Trinajstić information content (AvgIpc) is 2.58. The standard InChI is InChI=1S/C12H24N2O/c1-3-5-6-9-14-10-7-11(12(14)15)13-8-4-2/h11,13H,3-10H2,1-2H3. The van der Waals surface area contributed by atoms with E-state index in [1.807, 2.05) is 4.90 Å². The molecule has 1 rings (SSSR count). The van der Waals surface area contributed by atoms with E-state index in [9.17, 15) is 4.79 Å². The molecule has 1 heterocycles. The van der Waals surface area contributed by atoms with Gasteiger partial charge in [0.25, 0.3) is 0 Å². The zero-order chi connectivity index (χ0) is 11.1. The second-order valence-electron chi connectivity index (χ2n) is 4.33. The highest BCUT2D eigenvalue weighted by Crippen LogP contribution is 2.12. The van der Waals surface area contributed by atoms with Crippen molar-refractivity contribution in [3.63, 3.8) is 0 Å². The van der Waals surface area contributed by atoms with E-state index < -0.39 is 0 Å². The highest BCUT2D eigenvalue weighted by atomic mass is 16.2. The predicted molar refractivity (Wildman–Crippen MR) is 62.8 cm³/mol. The van der Waals surface area contributed by atoms with Gasteiger partial charge in [0.2, 0.25) is 5.91 Å². The summed E-state index contributed by atoms with van der Waals surface area (Å²) in [4.78, 5) is 13.9. The summed E-state index contributed by atoms with van der Waals surface area (Å²) in [5.41, 5.74) is 0. The quantitative estimate of drug-likeness (QED) is 0.652. The van der Waals surface area contributed by atoms with Crippen molar-refractivity contribution in [3.8, 4) is 0 Å². The van der Waals surface area contributed by atoms with Crippen LogP contribution in [0.4, 0.5) is 0 Å². The molecule has 0 aromatic rings. The molecule has 3 nitrogen and oxygen atoms in total. The lowest BCUT2D eigenvalue weighted by Gasteiger charge is -2.16. The first-order chi connectivity index (χ1) is 7.29. The zero-order valence-corrected chi connectivity index (χ0v) is 10.1. The molecule has 1 fully saturated rings. The van der Waals surface area contributed by atoms with Gasteiger partial charge in [-0.15, -0.1) is 0 Å². The number of nitrogens with one attached hydrogen (secondary N) is 1. The van der Waals surface area contributed by atoms with E-state index in [-0.39, 0.29) is 6.04 Å². The molecule has 0 aromatic heterocycles. The first-order valence-electron chi connectivity index (χ1n) is 6.31. The molecule has 3 heteroatoms. The van der Waals surface area contributed by atoms with Crippen molar-refractivity contribution in [2.45, 2.75) is 52.0 Å². The Morgan fingerprint density at radius 1 is 1.33 bits per heavy atom. The summed E-state index contributed by atoms with van der Waals surface area (Å²) >= 11 is 0. The highest BCUT2D eigenvalue weighted by molar-refractivity contribution is 5.83. The molecule has 0 spiro atoms. The van der Waals surface area contributed by atoms with E-state index in [4.69, 9.17) is 0 Å². The van der Waals surface area contributed by atoms with Crippen molar-refractivity contribution in [1.82, 2.24) is 10.2 Å². The topological polar surface area (TPSA) is 32.3 Å². The summed E-state index contributed by atoms with van der Waals surface area (Å²) in [5, 5.41) is 3.31. The van der Waals surface area contributed by atoms with Crippen LogP contribution in [0.25, 0.3) is 0 Å². The van der Waals surface area contributed by atoms with Crippen LogP contribution in [0, 0.1) is 0 Å². The van der Waals surface area contributed by atoms with Crippen LogP contribution >= 0.6 is 0 Å². The van der Waals surface area contributed by atoms with E-state index in [1.165, 1.54) is 12.8 Å². The van der Waals surface area contributed by atoms with E-state index in [0.717, 1.165) is 38.9 Å². The number of carbonyl (C=O) groups excluding carboxylic acids is 1. The minimum atomic E-state index is 0.103.